The van der Waals surface area contributed by atoms with E-state index in [9.17, 15) is 9.59 Å². The van der Waals surface area contributed by atoms with Crippen LogP contribution in [0.4, 0.5) is 5.69 Å². The Morgan fingerprint density at radius 1 is 1.11 bits per heavy atom. The lowest BCUT2D eigenvalue weighted by molar-refractivity contribution is -0.144. The molecule has 0 amide bonds. The van der Waals surface area contributed by atoms with Crippen molar-refractivity contribution in [3.8, 4) is 5.75 Å². The molecule has 0 bridgehead atoms. The third kappa shape index (κ3) is 3.51. The van der Waals surface area contributed by atoms with Crippen LogP contribution in [-0.2, 0) is 19.1 Å². The van der Waals surface area contributed by atoms with Crippen LogP contribution in [0.5, 0.6) is 5.75 Å². The Labute approximate surface area is 104 Å². The fourth-order valence-corrected chi connectivity index (χ4v) is 1.13. The molecule has 1 aromatic carbocycles. The number of rotatable bonds is 4. The van der Waals surface area contributed by atoms with Crippen LogP contribution in [0.3, 0.4) is 0 Å². The first-order valence-corrected chi connectivity index (χ1v) is 5.01. The molecule has 0 aliphatic carbocycles. The van der Waals surface area contributed by atoms with Crippen LogP contribution in [0, 0.1) is 0 Å². The van der Waals surface area contributed by atoms with E-state index in [1.165, 1.54) is 32.6 Å². The first kappa shape index (κ1) is 13.6. The third-order valence-corrected chi connectivity index (χ3v) is 2.06. The van der Waals surface area contributed by atoms with Crippen LogP contribution in [0.2, 0.25) is 0 Å². The normalized spacial score (nSPS) is 9.22. The number of esters is 2. The van der Waals surface area contributed by atoms with Gasteiger partial charge >= 0.3 is 11.9 Å². The lowest BCUT2D eigenvalue weighted by Gasteiger charge is -2.05. The van der Waals surface area contributed by atoms with E-state index in [0.29, 0.717) is 5.69 Å². The van der Waals surface area contributed by atoms with E-state index in [1.807, 2.05) is 0 Å². The number of hydrogen-bond donors (Lipinski definition) is 2. The van der Waals surface area contributed by atoms with Crippen molar-refractivity contribution < 1.29 is 24.2 Å². The van der Waals surface area contributed by atoms with Crippen LogP contribution >= 0.6 is 0 Å². The summed E-state index contributed by atoms with van der Waals surface area (Å²) in [5.74, 6) is -1.48. The monoisotopic (exact) mass is 251 g/mol. The number of methoxy groups -OCH3 is 2. The first-order chi connectivity index (χ1) is 8.58. The predicted octanol–water partition coefficient (Wildman–Crippen LogP) is 1.03. The van der Waals surface area contributed by atoms with Crippen molar-refractivity contribution in [2.45, 2.75) is 0 Å². The smallest absolute Gasteiger partial charge is 0.346 e. The van der Waals surface area contributed by atoms with E-state index in [2.05, 4.69) is 14.8 Å². The second-order valence-electron chi connectivity index (χ2n) is 3.23. The number of carbonyl (C=O) groups is 2. The van der Waals surface area contributed by atoms with Gasteiger partial charge in [0, 0.05) is 11.9 Å². The molecule has 0 spiro atoms. The van der Waals surface area contributed by atoms with Crippen molar-refractivity contribution in [3.63, 3.8) is 0 Å². The predicted molar refractivity (Wildman–Crippen MR) is 63.8 cm³/mol. The van der Waals surface area contributed by atoms with Gasteiger partial charge in [-0.3, -0.25) is 0 Å². The molecule has 1 rings (SSSR count). The summed E-state index contributed by atoms with van der Waals surface area (Å²) in [4.78, 5) is 22.6. The highest BCUT2D eigenvalue weighted by Gasteiger charge is 2.19. The average Bonchev–Trinajstić information content (AvgIpc) is 2.40. The molecule has 0 saturated carbocycles. The number of hydrogen-bond acceptors (Lipinski definition) is 6. The number of nitrogens with one attached hydrogen (secondary N) is 1. The van der Waals surface area contributed by atoms with E-state index in [0.717, 1.165) is 0 Å². The van der Waals surface area contributed by atoms with Crippen molar-refractivity contribution in [2.75, 3.05) is 19.5 Å². The average molecular weight is 251 g/mol. The van der Waals surface area contributed by atoms with Gasteiger partial charge in [-0.1, -0.05) is 0 Å². The van der Waals surface area contributed by atoms with Crippen molar-refractivity contribution in [2.24, 2.45) is 0 Å². The zero-order valence-electron chi connectivity index (χ0n) is 9.97. The van der Waals surface area contributed by atoms with Gasteiger partial charge in [-0.15, -0.1) is 0 Å². The molecule has 0 fully saturated rings. The zero-order chi connectivity index (χ0) is 13.5. The van der Waals surface area contributed by atoms with Gasteiger partial charge in [0.2, 0.25) is 0 Å². The number of carbonyl (C=O) groups excluding carboxylic acids is 2. The Kier molecular flexibility index (Phi) is 4.74. The van der Waals surface area contributed by atoms with Crippen LogP contribution in [-0.4, -0.2) is 31.3 Å². The maximum Gasteiger partial charge on any atom is 0.346 e. The fraction of sp³-hybridized carbons (Fsp3) is 0.167. The molecule has 6 nitrogen and oxygen atoms in total. The molecule has 1 aromatic rings. The SMILES string of the molecule is COC(=O)C(=CNc1ccc(O)cc1)C(=O)OC. The Bertz CT molecular complexity index is 446. The summed E-state index contributed by atoms with van der Waals surface area (Å²) in [5, 5.41) is 11.8. The highest BCUT2D eigenvalue weighted by molar-refractivity contribution is 6.14. The maximum absolute atomic E-state index is 11.3. The van der Waals surface area contributed by atoms with E-state index in [1.54, 1.807) is 12.1 Å². The molecule has 0 radical (unpaired) electrons. The second kappa shape index (κ2) is 6.29. The summed E-state index contributed by atoms with van der Waals surface area (Å²) in [5.41, 5.74) is 0.339. The van der Waals surface area contributed by atoms with Gasteiger partial charge < -0.3 is 19.9 Å². The fourth-order valence-electron chi connectivity index (χ4n) is 1.13. The molecular weight excluding hydrogens is 238 g/mol. The van der Waals surface area contributed by atoms with Crippen molar-refractivity contribution >= 4 is 17.6 Å². The number of ether oxygens (including phenoxy) is 2. The maximum atomic E-state index is 11.3. The number of phenolic OH excluding ortho intramolecular Hbond substituents is 1. The largest absolute Gasteiger partial charge is 0.508 e. The van der Waals surface area contributed by atoms with Crippen LogP contribution in [0.1, 0.15) is 0 Å². The lowest BCUT2D eigenvalue weighted by atomic mass is 10.2. The van der Waals surface area contributed by atoms with Crippen molar-refractivity contribution in [3.05, 3.63) is 36.0 Å². The standard InChI is InChI=1S/C12H13NO5/c1-17-11(15)10(12(16)18-2)7-13-8-3-5-9(14)6-4-8/h3-7,13-14H,1-2H3. The van der Waals surface area contributed by atoms with Gasteiger partial charge in [0.25, 0.3) is 0 Å². The summed E-state index contributed by atoms with van der Waals surface area (Å²) in [6, 6.07) is 6.09. The van der Waals surface area contributed by atoms with Crippen LogP contribution in [0.25, 0.3) is 0 Å². The second-order valence-corrected chi connectivity index (χ2v) is 3.23. The minimum Gasteiger partial charge on any atom is -0.508 e. The molecule has 2 N–H and O–H groups in total. The van der Waals surface area contributed by atoms with Gasteiger partial charge in [0.05, 0.1) is 14.2 Å². The minimum absolute atomic E-state index is 0.116. The summed E-state index contributed by atoms with van der Waals surface area (Å²) in [6.07, 6.45) is 1.18. The first-order valence-electron chi connectivity index (χ1n) is 5.01. The third-order valence-electron chi connectivity index (χ3n) is 2.06. The highest BCUT2D eigenvalue weighted by atomic mass is 16.5. The Morgan fingerprint density at radius 3 is 2.06 bits per heavy atom. The molecule has 0 aliphatic rings. The van der Waals surface area contributed by atoms with Gasteiger partial charge in [-0.25, -0.2) is 9.59 Å². The zero-order valence-corrected chi connectivity index (χ0v) is 9.97. The number of anilines is 1. The van der Waals surface area contributed by atoms with E-state index in [4.69, 9.17) is 5.11 Å². The molecule has 0 aromatic heterocycles. The Morgan fingerprint density at radius 2 is 1.61 bits per heavy atom. The van der Waals surface area contributed by atoms with E-state index < -0.39 is 11.9 Å². The quantitative estimate of drug-likeness (QED) is 0.273. The molecule has 0 atom stereocenters. The summed E-state index contributed by atoms with van der Waals surface area (Å²) >= 11 is 0. The molecule has 0 aliphatic heterocycles. The van der Waals surface area contributed by atoms with Crippen LogP contribution < -0.4 is 5.32 Å². The molecule has 96 valence electrons. The van der Waals surface area contributed by atoms with Crippen molar-refractivity contribution in [1.29, 1.82) is 0 Å². The molecule has 18 heavy (non-hydrogen) atoms. The van der Waals surface area contributed by atoms with E-state index in [-0.39, 0.29) is 11.3 Å². The lowest BCUT2D eigenvalue weighted by Crippen LogP contribution is -2.17. The van der Waals surface area contributed by atoms with Gasteiger partial charge in [-0.05, 0) is 24.3 Å². The van der Waals surface area contributed by atoms with Crippen LogP contribution in [0.15, 0.2) is 36.0 Å². The van der Waals surface area contributed by atoms with Gasteiger partial charge in [0.15, 0.2) is 5.57 Å². The number of benzene rings is 1. The summed E-state index contributed by atoms with van der Waals surface area (Å²) < 4.78 is 8.91. The summed E-state index contributed by atoms with van der Waals surface area (Å²) in [6.45, 7) is 0. The molecule has 6 heteroatoms. The number of phenols is 1. The minimum atomic E-state index is -0.798. The van der Waals surface area contributed by atoms with Gasteiger partial charge in [0.1, 0.15) is 5.75 Å². The Hall–Kier alpha value is -2.50. The van der Waals surface area contributed by atoms with Gasteiger partial charge in [-0.2, -0.15) is 0 Å². The topological polar surface area (TPSA) is 84.9 Å². The van der Waals surface area contributed by atoms with Crippen molar-refractivity contribution in [1.82, 2.24) is 0 Å². The molecule has 0 saturated heterocycles. The summed E-state index contributed by atoms with van der Waals surface area (Å²) in [7, 11) is 2.33. The molecule has 0 heterocycles. The van der Waals surface area contributed by atoms with E-state index >= 15 is 0 Å². The highest BCUT2D eigenvalue weighted by Crippen LogP contribution is 2.14. The molecule has 0 unspecified atom stereocenters. The Balaban J connectivity index is 2.86. The number of aromatic hydroxyl groups is 1. The molecular formula is C12H13NO5.